The van der Waals surface area contributed by atoms with Crippen molar-refractivity contribution in [3.63, 3.8) is 0 Å². The van der Waals surface area contributed by atoms with Gasteiger partial charge >= 0.3 is 0 Å². The third kappa shape index (κ3) is 3.19. The van der Waals surface area contributed by atoms with Crippen LogP contribution in [-0.4, -0.2) is 42.1 Å². The van der Waals surface area contributed by atoms with Gasteiger partial charge in [-0.25, -0.2) is 0 Å². The van der Waals surface area contributed by atoms with E-state index in [1.165, 1.54) is 0 Å². The summed E-state index contributed by atoms with van der Waals surface area (Å²) >= 11 is 1.82. The summed E-state index contributed by atoms with van der Waals surface area (Å²) in [7, 11) is 0. The third-order valence-electron chi connectivity index (χ3n) is 4.19. The lowest BCUT2D eigenvalue weighted by Gasteiger charge is -2.29. The summed E-state index contributed by atoms with van der Waals surface area (Å²) in [4.78, 5) is 14.5. The van der Waals surface area contributed by atoms with Crippen LogP contribution >= 0.6 is 11.8 Å². The highest BCUT2D eigenvalue weighted by molar-refractivity contribution is 7.99. The van der Waals surface area contributed by atoms with Gasteiger partial charge in [-0.05, 0) is 24.7 Å². The first-order valence-corrected chi connectivity index (χ1v) is 9.22. The summed E-state index contributed by atoms with van der Waals surface area (Å²) < 4.78 is 11.5. The Bertz CT molecular complexity index is 535. The van der Waals surface area contributed by atoms with Crippen molar-refractivity contribution in [2.24, 2.45) is 0 Å². The zero-order chi connectivity index (χ0) is 15.4. The Balaban J connectivity index is 1.77. The molecule has 0 aromatic heterocycles. The molecule has 1 aromatic rings. The molecule has 0 unspecified atom stereocenters. The van der Waals surface area contributed by atoms with E-state index in [1.807, 2.05) is 28.8 Å². The van der Waals surface area contributed by atoms with Crippen LogP contribution in [0.4, 0.5) is 0 Å². The van der Waals surface area contributed by atoms with Gasteiger partial charge in [0.15, 0.2) is 11.5 Å². The molecule has 2 aliphatic rings. The minimum Gasteiger partial charge on any atom is -0.486 e. The summed E-state index contributed by atoms with van der Waals surface area (Å²) in [6, 6.07) is 6.15. The van der Waals surface area contributed by atoms with Crippen LogP contribution in [0.15, 0.2) is 18.2 Å². The summed E-state index contributed by atoms with van der Waals surface area (Å²) in [5.41, 5.74) is 1.10. The van der Waals surface area contributed by atoms with Crippen molar-refractivity contribution in [3.8, 4) is 11.5 Å². The number of likely N-dealkylation sites (tertiary alicyclic amines) is 1. The Morgan fingerprint density at radius 3 is 3.09 bits per heavy atom. The lowest BCUT2D eigenvalue weighted by Crippen LogP contribution is -2.31. The van der Waals surface area contributed by atoms with Gasteiger partial charge < -0.3 is 14.4 Å². The maximum Gasteiger partial charge on any atom is 0.223 e. The van der Waals surface area contributed by atoms with Gasteiger partial charge in [0.2, 0.25) is 5.91 Å². The predicted octanol–water partition coefficient (Wildman–Crippen LogP) is 3.26. The molecule has 0 spiro atoms. The molecule has 0 aliphatic carbocycles. The van der Waals surface area contributed by atoms with Crippen LogP contribution in [0, 0.1) is 0 Å². The summed E-state index contributed by atoms with van der Waals surface area (Å²) in [5.74, 6) is 3.88. The molecule has 0 saturated carbocycles. The van der Waals surface area contributed by atoms with Gasteiger partial charge in [0.1, 0.15) is 13.2 Å². The number of rotatable bonds is 5. The monoisotopic (exact) mass is 321 g/mol. The second-order valence-corrected chi connectivity index (χ2v) is 6.96. The molecule has 0 N–H and O–H groups in total. The van der Waals surface area contributed by atoms with Gasteiger partial charge in [-0.3, -0.25) is 4.79 Å². The molecule has 1 amide bonds. The normalized spacial score (nSPS) is 20.2. The predicted molar refractivity (Wildman–Crippen MR) is 88.7 cm³/mol. The minimum atomic E-state index is 0.135. The van der Waals surface area contributed by atoms with Crippen LogP contribution in [0.3, 0.4) is 0 Å². The van der Waals surface area contributed by atoms with E-state index in [4.69, 9.17) is 9.47 Å². The molecule has 0 bridgehead atoms. The number of carbonyl (C=O) groups excluding carboxylic acids is 1. The SMILES string of the molecule is CCSCCC(=O)N1CCC[C@H]1c1cccc2c1OCCO2. The Labute approximate surface area is 136 Å². The molecule has 2 heterocycles. The Hall–Kier alpha value is -1.36. The summed E-state index contributed by atoms with van der Waals surface area (Å²) in [6.07, 6.45) is 2.69. The van der Waals surface area contributed by atoms with Crippen molar-refractivity contribution in [3.05, 3.63) is 23.8 Å². The molecule has 2 aliphatic heterocycles. The zero-order valence-electron chi connectivity index (χ0n) is 13.0. The fraction of sp³-hybridized carbons (Fsp3) is 0.588. The van der Waals surface area contributed by atoms with Crippen molar-refractivity contribution < 1.29 is 14.3 Å². The molecule has 120 valence electrons. The van der Waals surface area contributed by atoms with E-state index < -0.39 is 0 Å². The molecule has 4 nitrogen and oxygen atoms in total. The summed E-state index contributed by atoms with van der Waals surface area (Å²) in [5, 5.41) is 0. The highest BCUT2D eigenvalue weighted by Crippen LogP contribution is 2.42. The standard InChI is InChI=1S/C17H23NO3S/c1-2-22-12-8-16(19)18-9-4-6-14(18)13-5-3-7-15-17(13)21-11-10-20-15/h3,5,7,14H,2,4,6,8-12H2,1H3/t14-/m0/s1. The highest BCUT2D eigenvalue weighted by Gasteiger charge is 2.33. The van der Waals surface area contributed by atoms with Gasteiger partial charge in [-0.15, -0.1) is 0 Å². The van der Waals surface area contributed by atoms with E-state index in [2.05, 4.69) is 13.0 Å². The Morgan fingerprint density at radius 1 is 1.36 bits per heavy atom. The molecule has 1 saturated heterocycles. The number of fused-ring (bicyclic) bond motifs is 1. The van der Waals surface area contributed by atoms with Crippen LogP contribution in [0.5, 0.6) is 11.5 Å². The lowest BCUT2D eigenvalue weighted by molar-refractivity contribution is -0.131. The van der Waals surface area contributed by atoms with E-state index in [0.717, 1.165) is 48.0 Å². The molecular weight excluding hydrogens is 298 g/mol. The van der Waals surface area contributed by atoms with Crippen LogP contribution in [-0.2, 0) is 4.79 Å². The number of para-hydroxylation sites is 1. The number of thioether (sulfide) groups is 1. The van der Waals surface area contributed by atoms with E-state index >= 15 is 0 Å². The van der Waals surface area contributed by atoms with Crippen LogP contribution in [0.1, 0.15) is 37.8 Å². The molecule has 3 rings (SSSR count). The number of carbonyl (C=O) groups is 1. The van der Waals surface area contributed by atoms with Crippen molar-refractivity contribution >= 4 is 17.7 Å². The summed E-state index contributed by atoms with van der Waals surface area (Å²) in [6.45, 7) is 4.15. The van der Waals surface area contributed by atoms with Gasteiger partial charge in [0.25, 0.3) is 0 Å². The van der Waals surface area contributed by atoms with Crippen LogP contribution < -0.4 is 9.47 Å². The maximum atomic E-state index is 12.5. The average Bonchev–Trinajstić information content (AvgIpc) is 3.04. The highest BCUT2D eigenvalue weighted by atomic mass is 32.2. The van der Waals surface area contributed by atoms with Gasteiger partial charge in [0.05, 0.1) is 6.04 Å². The molecule has 0 radical (unpaired) electrons. The second-order valence-electron chi connectivity index (χ2n) is 5.56. The van der Waals surface area contributed by atoms with Crippen molar-refractivity contribution in [1.82, 2.24) is 4.90 Å². The first-order valence-electron chi connectivity index (χ1n) is 8.07. The third-order valence-corrected chi connectivity index (χ3v) is 5.09. The molecule has 22 heavy (non-hydrogen) atoms. The fourth-order valence-corrected chi connectivity index (χ4v) is 3.80. The van der Waals surface area contributed by atoms with Crippen molar-refractivity contribution in [2.45, 2.75) is 32.2 Å². The van der Waals surface area contributed by atoms with Crippen molar-refractivity contribution in [1.29, 1.82) is 0 Å². The zero-order valence-corrected chi connectivity index (χ0v) is 13.9. The second kappa shape index (κ2) is 7.27. The van der Waals surface area contributed by atoms with E-state index in [9.17, 15) is 4.79 Å². The number of benzene rings is 1. The Kier molecular flexibility index (Phi) is 5.13. The van der Waals surface area contributed by atoms with Gasteiger partial charge in [0, 0.05) is 24.3 Å². The molecular formula is C17H23NO3S. The number of hydrogen-bond acceptors (Lipinski definition) is 4. The molecule has 5 heteroatoms. The lowest BCUT2D eigenvalue weighted by atomic mass is 10.0. The largest absolute Gasteiger partial charge is 0.486 e. The van der Waals surface area contributed by atoms with E-state index in [1.54, 1.807) is 0 Å². The molecule has 1 aromatic carbocycles. The molecule has 1 atom stereocenters. The van der Waals surface area contributed by atoms with Crippen LogP contribution in [0.25, 0.3) is 0 Å². The van der Waals surface area contributed by atoms with Crippen LogP contribution in [0.2, 0.25) is 0 Å². The topological polar surface area (TPSA) is 38.8 Å². The smallest absolute Gasteiger partial charge is 0.223 e. The van der Waals surface area contributed by atoms with E-state index in [-0.39, 0.29) is 11.9 Å². The van der Waals surface area contributed by atoms with Gasteiger partial charge in [-0.1, -0.05) is 19.1 Å². The maximum absolute atomic E-state index is 12.5. The minimum absolute atomic E-state index is 0.135. The van der Waals surface area contributed by atoms with Gasteiger partial charge in [-0.2, -0.15) is 11.8 Å². The first-order chi connectivity index (χ1) is 10.8. The Morgan fingerprint density at radius 2 is 2.23 bits per heavy atom. The number of ether oxygens (including phenoxy) is 2. The molecule has 1 fully saturated rings. The fourth-order valence-electron chi connectivity index (χ4n) is 3.19. The first kappa shape index (κ1) is 15.5. The number of hydrogen-bond donors (Lipinski definition) is 0. The quantitative estimate of drug-likeness (QED) is 0.780. The number of amides is 1. The number of nitrogens with zero attached hydrogens (tertiary/aromatic N) is 1. The van der Waals surface area contributed by atoms with E-state index in [0.29, 0.717) is 19.6 Å². The average molecular weight is 321 g/mol. The van der Waals surface area contributed by atoms with Crippen molar-refractivity contribution in [2.75, 3.05) is 31.3 Å².